The van der Waals surface area contributed by atoms with Crippen LogP contribution in [0.25, 0.3) is 28.3 Å². The lowest BCUT2D eigenvalue weighted by Gasteiger charge is -2.12. The molecule has 0 bridgehead atoms. The summed E-state index contributed by atoms with van der Waals surface area (Å²) < 4.78 is 90.4. The van der Waals surface area contributed by atoms with E-state index in [9.17, 15) is 30.8 Å². The summed E-state index contributed by atoms with van der Waals surface area (Å²) in [5.41, 5.74) is -3.76. The molecule has 2 aromatic heterocycles. The molecule has 0 spiro atoms. The third-order valence-corrected chi connectivity index (χ3v) is 6.22. The number of hydrogen-bond donors (Lipinski definition) is 1. The number of carbonyl (C=O) groups excluding carboxylic acids is 1. The van der Waals surface area contributed by atoms with Crippen molar-refractivity contribution >= 4 is 27.6 Å². The van der Waals surface area contributed by atoms with E-state index in [2.05, 4.69) is 15.0 Å². The second-order valence-electron chi connectivity index (χ2n) is 7.18. The molecule has 2 aromatic carbocycles. The number of aromatic nitrogens is 3. The Morgan fingerprint density at radius 1 is 1.17 bits per heavy atom. The minimum absolute atomic E-state index is 0.179. The van der Waals surface area contributed by atoms with Crippen LogP contribution in [0.3, 0.4) is 0 Å². The Balaban J connectivity index is 1.97. The van der Waals surface area contributed by atoms with E-state index in [0.29, 0.717) is 4.68 Å². The van der Waals surface area contributed by atoms with E-state index in [-0.39, 0.29) is 21.2 Å². The Labute approximate surface area is 205 Å². The van der Waals surface area contributed by atoms with Gasteiger partial charge >= 0.3 is 12.1 Å². The Hall–Kier alpha value is -3.75. The average Bonchev–Trinajstić information content (AvgIpc) is 3.42. The van der Waals surface area contributed by atoms with E-state index in [0.717, 1.165) is 43.6 Å². The Morgan fingerprint density at radius 3 is 2.39 bits per heavy atom. The first kappa shape index (κ1) is 25.3. The highest BCUT2D eigenvalue weighted by Crippen LogP contribution is 2.43. The quantitative estimate of drug-likeness (QED) is 0.290. The topological polar surface area (TPSA) is 130 Å². The van der Waals surface area contributed by atoms with Crippen molar-refractivity contribution in [3.05, 3.63) is 70.8 Å². The number of benzene rings is 2. The van der Waals surface area contributed by atoms with Gasteiger partial charge in [0, 0.05) is 0 Å². The highest BCUT2D eigenvalue weighted by molar-refractivity contribution is 7.89. The molecule has 9 nitrogen and oxygen atoms in total. The van der Waals surface area contributed by atoms with E-state index < -0.39 is 56.3 Å². The zero-order valence-electron chi connectivity index (χ0n) is 17.9. The van der Waals surface area contributed by atoms with Gasteiger partial charge in [0.1, 0.15) is 17.1 Å². The maximum absolute atomic E-state index is 14.5. The zero-order chi connectivity index (χ0) is 26.4. The van der Waals surface area contributed by atoms with Crippen molar-refractivity contribution in [2.45, 2.75) is 11.1 Å². The van der Waals surface area contributed by atoms with Crippen LogP contribution in [0.1, 0.15) is 16.1 Å². The maximum Gasteiger partial charge on any atom is 0.434 e. The fourth-order valence-electron chi connectivity index (χ4n) is 3.42. The second-order valence-corrected chi connectivity index (χ2v) is 9.15. The lowest BCUT2D eigenvalue weighted by atomic mass is 10.0. The van der Waals surface area contributed by atoms with E-state index in [1.165, 1.54) is 12.1 Å². The third kappa shape index (κ3) is 4.45. The molecule has 0 saturated carbocycles. The molecule has 0 atom stereocenters. The number of halogens is 5. The van der Waals surface area contributed by atoms with E-state index in [1.54, 1.807) is 0 Å². The van der Waals surface area contributed by atoms with Gasteiger partial charge in [0.15, 0.2) is 11.5 Å². The van der Waals surface area contributed by atoms with E-state index in [1.807, 2.05) is 0 Å². The maximum atomic E-state index is 14.5. The number of carbonyl (C=O) groups is 1. The van der Waals surface area contributed by atoms with Gasteiger partial charge in [-0.3, -0.25) is 0 Å². The van der Waals surface area contributed by atoms with Crippen LogP contribution in [0.4, 0.5) is 17.6 Å². The summed E-state index contributed by atoms with van der Waals surface area (Å²) in [5.74, 6) is -2.77. The smallest absolute Gasteiger partial charge is 0.434 e. The van der Waals surface area contributed by atoms with Gasteiger partial charge in [-0.2, -0.15) is 18.3 Å². The largest absolute Gasteiger partial charge is 0.465 e. The van der Waals surface area contributed by atoms with Crippen LogP contribution in [0.15, 0.2) is 58.1 Å². The lowest BCUT2D eigenvalue weighted by molar-refractivity contribution is -0.142. The molecule has 188 valence electrons. The van der Waals surface area contributed by atoms with Crippen molar-refractivity contribution in [3.8, 4) is 28.3 Å². The van der Waals surface area contributed by atoms with Crippen LogP contribution in [-0.2, 0) is 20.9 Å². The molecule has 0 fully saturated rings. The van der Waals surface area contributed by atoms with Crippen molar-refractivity contribution in [3.63, 3.8) is 0 Å². The van der Waals surface area contributed by atoms with Gasteiger partial charge in [-0.25, -0.2) is 27.4 Å². The number of esters is 1. The average molecular weight is 545 g/mol. The number of nitrogens with two attached hydrogens (primary N) is 1. The van der Waals surface area contributed by atoms with Crippen molar-refractivity contribution in [1.29, 1.82) is 0 Å². The molecular weight excluding hydrogens is 532 g/mol. The Morgan fingerprint density at radius 2 is 1.83 bits per heavy atom. The number of alkyl halides is 3. The number of nitrogens with zero attached hydrogens (tertiary/aromatic N) is 3. The predicted molar refractivity (Wildman–Crippen MR) is 117 cm³/mol. The highest BCUT2D eigenvalue weighted by Gasteiger charge is 2.42. The minimum Gasteiger partial charge on any atom is -0.465 e. The molecule has 4 rings (SSSR count). The van der Waals surface area contributed by atoms with Crippen molar-refractivity contribution in [1.82, 2.24) is 14.9 Å². The summed E-state index contributed by atoms with van der Waals surface area (Å²) in [7, 11) is -3.13. The van der Waals surface area contributed by atoms with Crippen molar-refractivity contribution in [2.24, 2.45) is 5.14 Å². The molecule has 0 aliphatic heterocycles. The number of methoxy groups -OCH3 is 1. The normalized spacial score (nSPS) is 12.1. The SMILES string of the molecule is COC(=O)c1c(-c2c(F)cccc2Cl)noc1-c1cnn(-c2ccc(S(N)(=O)=O)cc2)c1C(F)(F)F. The summed E-state index contributed by atoms with van der Waals surface area (Å²) in [6, 6.07) is 7.70. The van der Waals surface area contributed by atoms with Gasteiger partial charge in [-0.05, 0) is 36.4 Å². The van der Waals surface area contributed by atoms with Crippen LogP contribution in [-0.4, -0.2) is 36.4 Å². The first-order valence-corrected chi connectivity index (χ1v) is 11.6. The summed E-state index contributed by atoms with van der Waals surface area (Å²) in [5, 5.41) is 12.2. The van der Waals surface area contributed by atoms with Crippen LogP contribution >= 0.6 is 11.6 Å². The van der Waals surface area contributed by atoms with Crippen LogP contribution < -0.4 is 5.14 Å². The van der Waals surface area contributed by atoms with Crippen LogP contribution in [0.5, 0.6) is 0 Å². The molecule has 0 aliphatic carbocycles. The Bertz CT molecular complexity index is 1560. The first-order valence-electron chi connectivity index (χ1n) is 9.65. The fraction of sp³-hybridized carbons (Fsp3) is 0.0952. The molecule has 36 heavy (non-hydrogen) atoms. The van der Waals surface area contributed by atoms with Crippen molar-refractivity contribution < 1.29 is 40.0 Å². The van der Waals surface area contributed by atoms with Crippen LogP contribution in [0, 0.1) is 5.82 Å². The Kier molecular flexibility index (Phi) is 6.36. The van der Waals surface area contributed by atoms with Gasteiger partial charge in [0.25, 0.3) is 0 Å². The van der Waals surface area contributed by atoms with Gasteiger partial charge in [0.05, 0.1) is 40.0 Å². The predicted octanol–water partition coefficient (Wildman–Crippen LogP) is 4.44. The van der Waals surface area contributed by atoms with E-state index >= 15 is 0 Å². The third-order valence-electron chi connectivity index (χ3n) is 4.97. The second kappa shape index (κ2) is 9.04. The minimum atomic E-state index is -5.06. The summed E-state index contributed by atoms with van der Waals surface area (Å²) >= 11 is 6.05. The van der Waals surface area contributed by atoms with Gasteiger partial charge in [-0.1, -0.05) is 22.8 Å². The number of rotatable bonds is 5. The molecule has 0 unspecified atom stereocenters. The van der Waals surface area contributed by atoms with Gasteiger partial charge < -0.3 is 9.26 Å². The summed E-state index contributed by atoms with van der Waals surface area (Å²) in [6.07, 6.45) is -4.30. The van der Waals surface area contributed by atoms with E-state index in [4.69, 9.17) is 21.3 Å². The molecular formula is C21H13ClF4N4O5S. The van der Waals surface area contributed by atoms with Crippen LogP contribution in [0.2, 0.25) is 5.02 Å². The molecule has 0 radical (unpaired) electrons. The number of sulfonamides is 1. The molecule has 4 aromatic rings. The molecule has 2 heterocycles. The monoisotopic (exact) mass is 544 g/mol. The molecule has 0 aliphatic rings. The summed E-state index contributed by atoms with van der Waals surface area (Å²) in [6.45, 7) is 0. The highest BCUT2D eigenvalue weighted by atomic mass is 35.5. The molecule has 0 saturated heterocycles. The molecule has 2 N–H and O–H groups in total. The number of ether oxygens (including phenoxy) is 1. The standard InChI is InChI=1S/C21H13ClF4N4O5S/c1-34-20(31)16-17(15-13(22)3-2-4-14(15)23)29-35-18(16)12-9-28-30(19(12)21(24,25)26)10-5-7-11(8-6-10)36(27,32)33/h2-9H,1H3,(H2,27,32,33). The zero-order valence-corrected chi connectivity index (χ0v) is 19.4. The molecule has 0 amide bonds. The molecule has 15 heteroatoms. The first-order chi connectivity index (χ1) is 16.8. The van der Waals surface area contributed by atoms with Gasteiger partial charge in [-0.15, -0.1) is 0 Å². The fourth-order valence-corrected chi connectivity index (χ4v) is 4.19. The van der Waals surface area contributed by atoms with Gasteiger partial charge in [0.2, 0.25) is 10.0 Å². The van der Waals surface area contributed by atoms with Crippen molar-refractivity contribution in [2.75, 3.05) is 7.11 Å². The summed E-state index contributed by atoms with van der Waals surface area (Å²) in [4.78, 5) is 12.3. The number of primary sulfonamides is 1. The number of hydrogen-bond acceptors (Lipinski definition) is 7. The lowest BCUT2D eigenvalue weighted by Crippen LogP contribution is -2.16.